The first-order valence-corrected chi connectivity index (χ1v) is 15.7. The quantitative estimate of drug-likeness (QED) is 0.270. The van der Waals surface area contributed by atoms with Crippen LogP contribution in [0.25, 0.3) is 0 Å². The third-order valence-corrected chi connectivity index (χ3v) is 8.98. The van der Waals surface area contributed by atoms with E-state index in [9.17, 15) is 13.2 Å². The van der Waals surface area contributed by atoms with Crippen molar-refractivity contribution in [2.24, 2.45) is 5.92 Å². The van der Waals surface area contributed by atoms with E-state index >= 15 is 0 Å². The molecule has 40 heavy (non-hydrogen) atoms. The van der Waals surface area contributed by atoms with E-state index in [1.165, 1.54) is 37.1 Å². The van der Waals surface area contributed by atoms with E-state index in [1.54, 1.807) is 24.9 Å². The van der Waals surface area contributed by atoms with Crippen LogP contribution in [0.2, 0.25) is 0 Å². The van der Waals surface area contributed by atoms with Crippen LogP contribution in [0.5, 0.6) is 0 Å². The van der Waals surface area contributed by atoms with Crippen LogP contribution in [-0.2, 0) is 10.4 Å². The summed E-state index contributed by atoms with van der Waals surface area (Å²) in [6.07, 6.45) is -1.37. The Kier molecular flexibility index (Phi) is 13.5. The van der Waals surface area contributed by atoms with Crippen LogP contribution in [0.4, 0.5) is 24.5 Å². The molecular weight excluding hydrogens is 555 g/mol. The number of alkyl halides is 3. The van der Waals surface area contributed by atoms with Crippen molar-refractivity contribution in [3.05, 3.63) is 48.0 Å². The Hall–Kier alpha value is -1.43. The molecule has 2 aromatic carbocycles. The van der Waals surface area contributed by atoms with Crippen molar-refractivity contribution in [3.8, 4) is 0 Å². The van der Waals surface area contributed by atoms with E-state index in [4.69, 9.17) is 9.29 Å². The Balaban J connectivity index is 0.000000482. The molecule has 10 heteroatoms. The fraction of sp³-hybridized carbons (Fsp3) is 0.600. The molecule has 2 aromatic rings. The zero-order valence-corrected chi connectivity index (χ0v) is 25.8. The number of rotatable bonds is 11. The minimum absolute atomic E-state index is 0.248. The van der Waals surface area contributed by atoms with Gasteiger partial charge in [-0.1, -0.05) is 44.7 Å². The van der Waals surface area contributed by atoms with Gasteiger partial charge in [0.1, 0.15) is 0 Å². The van der Waals surface area contributed by atoms with Gasteiger partial charge >= 0.3 is 6.18 Å². The van der Waals surface area contributed by atoms with E-state index in [1.807, 2.05) is 31.2 Å². The zero-order chi connectivity index (χ0) is 29.1. The van der Waals surface area contributed by atoms with E-state index in [2.05, 4.69) is 28.5 Å². The fourth-order valence-corrected chi connectivity index (χ4v) is 6.38. The van der Waals surface area contributed by atoms with E-state index in [-0.39, 0.29) is 6.61 Å². The Bertz CT molecular complexity index is 1030. The average molecular weight is 600 g/mol. The first-order valence-electron chi connectivity index (χ1n) is 14.1. The fourth-order valence-electron chi connectivity index (χ4n) is 4.77. The Morgan fingerprint density at radius 2 is 1.55 bits per heavy atom. The molecule has 4 rings (SSSR count). The van der Waals surface area contributed by atoms with Crippen LogP contribution in [0.3, 0.4) is 0 Å². The van der Waals surface area contributed by atoms with Gasteiger partial charge < -0.3 is 24.0 Å². The molecule has 0 bridgehead atoms. The largest absolute Gasteiger partial charge is 0.416 e. The highest BCUT2D eigenvalue weighted by molar-refractivity contribution is 7.99. The van der Waals surface area contributed by atoms with Crippen molar-refractivity contribution >= 4 is 35.2 Å². The number of fused-ring (bicyclic) bond motifs is 2. The predicted octanol–water partition coefficient (Wildman–Crippen LogP) is 7.41. The average Bonchev–Trinajstić information content (AvgIpc) is 2.92. The van der Waals surface area contributed by atoms with Crippen LogP contribution in [0.1, 0.15) is 45.6 Å². The number of aliphatic hydroxyl groups excluding tert-OH is 1. The summed E-state index contributed by atoms with van der Waals surface area (Å²) in [5.74, 6) is 0.736. The molecule has 1 unspecified atom stereocenters. The molecule has 0 spiro atoms. The van der Waals surface area contributed by atoms with Crippen LogP contribution in [0, 0.1) is 5.92 Å². The van der Waals surface area contributed by atoms with Crippen molar-refractivity contribution in [1.82, 2.24) is 9.80 Å². The van der Waals surface area contributed by atoms with Crippen molar-refractivity contribution < 1.29 is 22.5 Å². The third-order valence-electron chi connectivity index (χ3n) is 7.09. The summed E-state index contributed by atoms with van der Waals surface area (Å²) >= 11 is 2.94. The van der Waals surface area contributed by atoms with Gasteiger partial charge in [0.25, 0.3) is 0 Å². The highest BCUT2D eigenvalue weighted by atomic mass is 32.2. The topological polar surface area (TPSA) is 39.2 Å². The van der Waals surface area contributed by atoms with Gasteiger partial charge in [-0.25, -0.2) is 0 Å². The maximum atomic E-state index is 13.4. The molecule has 1 fully saturated rings. The lowest BCUT2D eigenvalue weighted by atomic mass is 10.1. The molecule has 0 saturated carbocycles. The summed E-state index contributed by atoms with van der Waals surface area (Å²) in [7, 11) is 1.64. The molecule has 224 valence electrons. The second kappa shape index (κ2) is 16.3. The molecule has 1 atom stereocenters. The summed E-state index contributed by atoms with van der Waals surface area (Å²) in [4.78, 5) is 9.09. The summed E-state index contributed by atoms with van der Waals surface area (Å²) < 4.78 is 44.9. The van der Waals surface area contributed by atoms with Gasteiger partial charge in [-0.05, 0) is 80.6 Å². The van der Waals surface area contributed by atoms with Crippen LogP contribution < -0.4 is 4.90 Å². The molecular formula is C30H44F3N3O2S2. The number of para-hydroxylation sites is 1. The van der Waals surface area contributed by atoms with Crippen molar-refractivity contribution in [1.29, 1.82) is 0 Å². The van der Waals surface area contributed by atoms with Gasteiger partial charge in [0.05, 0.1) is 24.0 Å². The number of hydrogen-bond acceptors (Lipinski definition) is 7. The van der Waals surface area contributed by atoms with Gasteiger partial charge in [0, 0.05) is 54.4 Å². The lowest BCUT2D eigenvalue weighted by Crippen LogP contribution is -2.47. The maximum absolute atomic E-state index is 13.4. The molecule has 5 nitrogen and oxygen atoms in total. The standard InChI is InChI=1S/C25H32F3N3S.C5H12O2S/c1-19(2)10-13-30-16-14-29(15-17-30)11-5-12-31-21-6-3-4-7-23(21)32-24-9-8-20(18-22(24)31)25(26,27)28;1-5(3-4-6)8-7-2/h3-4,6-9,18-19H,5,10-17H2,1-2H3;5-6H,3-4H2,1-2H3. The van der Waals surface area contributed by atoms with E-state index in [0.29, 0.717) is 17.5 Å². The molecule has 2 heterocycles. The van der Waals surface area contributed by atoms with E-state index < -0.39 is 11.7 Å². The second-order valence-electron chi connectivity index (χ2n) is 10.7. The van der Waals surface area contributed by atoms with Crippen LogP contribution in [0.15, 0.2) is 52.3 Å². The van der Waals surface area contributed by atoms with Crippen LogP contribution >= 0.6 is 23.8 Å². The first kappa shape index (κ1) is 33.1. The lowest BCUT2D eigenvalue weighted by molar-refractivity contribution is -0.137. The van der Waals surface area contributed by atoms with Gasteiger partial charge in [-0.15, -0.1) is 0 Å². The normalized spacial score (nSPS) is 16.8. The predicted molar refractivity (Wildman–Crippen MR) is 162 cm³/mol. The number of anilines is 2. The Morgan fingerprint density at radius 1 is 0.900 bits per heavy atom. The number of halogens is 3. The Labute approximate surface area is 246 Å². The molecule has 2 aliphatic rings. The smallest absolute Gasteiger partial charge is 0.396 e. The first-order chi connectivity index (χ1) is 19.1. The zero-order valence-electron chi connectivity index (χ0n) is 24.1. The molecule has 0 aromatic heterocycles. The molecule has 0 radical (unpaired) electrons. The van der Waals surface area contributed by atoms with Crippen molar-refractivity contribution in [3.63, 3.8) is 0 Å². The molecule has 1 N–H and O–H groups in total. The summed E-state index contributed by atoms with van der Waals surface area (Å²) in [5, 5.41) is 8.80. The highest BCUT2D eigenvalue weighted by Crippen LogP contribution is 2.49. The summed E-state index contributed by atoms with van der Waals surface area (Å²) in [6, 6.07) is 12.1. The SMILES string of the molecule is CC(C)CCN1CCN(CCCN2c3ccccc3Sc3ccc(C(F)(F)F)cc32)CC1.COSC(C)CCO. The van der Waals surface area contributed by atoms with Crippen molar-refractivity contribution in [2.75, 3.05) is 64.4 Å². The third kappa shape index (κ3) is 10.1. The lowest BCUT2D eigenvalue weighted by Gasteiger charge is -2.36. The molecule has 0 aliphatic carbocycles. The van der Waals surface area contributed by atoms with Crippen molar-refractivity contribution in [2.45, 2.75) is 61.3 Å². The second-order valence-corrected chi connectivity index (χ2v) is 13.1. The molecule has 0 amide bonds. The number of nitrogens with zero attached hydrogens (tertiary/aromatic N) is 3. The minimum atomic E-state index is -4.34. The van der Waals surface area contributed by atoms with Gasteiger partial charge in [-0.3, -0.25) is 0 Å². The molecule has 1 saturated heterocycles. The van der Waals surface area contributed by atoms with Crippen LogP contribution in [-0.4, -0.2) is 79.7 Å². The number of piperazine rings is 1. The maximum Gasteiger partial charge on any atom is 0.416 e. The van der Waals surface area contributed by atoms with E-state index in [0.717, 1.165) is 67.0 Å². The van der Waals surface area contributed by atoms with Gasteiger partial charge in [0.2, 0.25) is 0 Å². The van der Waals surface area contributed by atoms with Gasteiger partial charge in [-0.2, -0.15) is 13.2 Å². The molecule has 2 aliphatic heterocycles. The highest BCUT2D eigenvalue weighted by Gasteiger charge is 2.33. The van der Waals surface area contributed by atoms with Gasteiger partial charge in [0.15, 0.2) is 0 Å². The number of aliphatic hydroxyl groups is 1. The summed E-state index contributed by atoms with van der Waals surface area (Å²) in [6.45, 7) is 14.0. The monoisotopic (exact) mass is 599 g/mol. The summed E-state index contributed by atoms with van der Waals surface area (Å²) in [5.41, 5.74) is 1.09. The minimum Gasteiger partial charge on any atom is -0.396 e. The number of benzene rings is 2. The Morgan fingerprint density at radius 3 is 2.17 bits per heavy atom. The number of hydrogen-bond donors (Lipinski definition) is 1.